The van der Waals surface area contributed by atoms with E-state index < -0.39 is 0 Å². The van der Waals surface area contributed by atoms with Crippen molar-refractivity contribution in [1.82, 2.24) is 14.9 Å². The maximum Gasteiger partial charge on any atom is 0.240 e. The van der Waals surface area contributed by atoms with Crippen LogP contribution in [0.3, 0.4) is 0 Å². The Hall–Kier alpha value is -2.84. The average molecular weight is 427 g/mol. The molecule has 0 unspecified atom stereocenters. The van der Waals surface area contributed by atoms with E-state index in [0.29, 0.717) is 18.3 Å². The first-order chi connectivity index (χ1) is 14.5. The number of anilines is 1. The predicted molar refractivity (Wildman–Crippen MR) is 120 cm³/mol. The Morgan fingerprint density at radius 1 is 1.10 bits per heavy atom. The van der Waals surface area contributed by atoms with Gasteiger partial charge in [-0.25, -0.2) is 4.98 Å². The summed E-state index contributed by atoms with van der Waals surface area (Å²) in [6.07, 6.45) is 0. The van der Waals surface area contributed by atoms with Gasteiger partial charge in [0.15, 0.2) is 5.16 Å². The molecule has 0 aliphatic carbocycles. The number of hydrogen-bond acceptors (Lipinski definition) is 5. The average Bonchev–Trinajstić information content (AvgIpc) is 3.07. The van der Waals surface area contributed by atoms with Gasteiger partial charge in [0.05, 0.1) is 23.4 Å². The first-order valence-corrected chi connectivity index (χ1v) is 10.7. The Bertz CT molecular complexity index is 1050. The molecule has 0 spiro atoms. The normalized spacial score (nSPS) is 10.9. The number of fused-ring (bicyclic) bond motifs is 1. The Labute approximate surface area is 180 Å². The molecule has 1 heterocycles. The van der Waals surface area contributed by atoms with Crippen LogP contribution in [0.1, 0.15) is 11.1 Å². The number of rotatable bonds is 9. The van der Waals surface area contributed by atoms with E-state index in [0.717, 1.165) is 22.3 Å². The minimum absolute atomic E-state index is 0.119. The molecule has 3 rings (SSSR count). The number of amides is 2. The molecule has 30 heavy (non-hydrogen) atoms. The molecule has 0 aliphatic heterocycles. The number of aromatic nitrogens is 2. The molecule has 0 saturated heterocycles. The van der Waals surface area contributed by atoms with Crippen molar-refractivity contribution >= 4 is 40.3 Å². The molecule has 0 bridgehead atoms. The largest absolute Gasteiger partial charge is 0.383 e. The van der Waals surface area contributed by atoms with E-state index in [2.05, 4.69) is 15.6 Å². The van der Waals surface area contributed by atoms with Crippen molar-refractivity contribution < 1.29 is 14.3 Å². The summed E-state index contributed by atoms with van der Waals surface area (Å²) in [7, 11) is 1.59. The highest BCUT2D eigenvalue weighted by atomic mass is 32.2. The molecule has 1 aromatic heterocycles. The van der Waals surface area contributed by atoms with Gasteiger partial charge in [-0.2, -0.15) is 0 Å². The molecule has 8 heteroatoms. The van der Waals surface area contributed by atoms with E-state index in [1.807, 2.05) is 60.9 Å². The Morgan fingerprint density at radius 2 is 1.90 bits per heavy atom. The second-order valence-corrected chi connectivity index (χ2v) is 7.89. The molecular weight excluding hydrogens is 400 g/mol. The van der Waals surface area contributed by atoms with Crippen LogP contribution in [0.15, 0.2) is 47.6 Å². The quantitative estimate of drug-likeness (QED) is 0.406. The number of para-hydroxylation sites is 2. The number of ether oxygens (including phenoxy) is 1. The highest BCUT2D eigenvalue weighted by Crippen LogP contribution is 2.24. The van der Waals surface area contributed by atoms with Gasteiger partial charge in [0.25, 0.3) is 0 Å². The number of hydrogen-bond donors (Lipinski definition) is 2. The lowest BCUT2D eigenvalue weighted by Crippen LogP contribution is -2.30. The van der Waals surface area contributed by atoms with Crippen LogP contribution in [-0.2, 0) is 20.9 Å². The van der Waals surface area contributed by atoms with Gasteiger partial charge in [0.2, 0.25) is 11.8 Å². The second kappa shape index (κ2) is 10.3. The first kappa shape index (κ1) is 21.9. The summed E-state index contributed by atoms with van der Waals surface area (Å²) in [4.78, 5) is 29.4. The zero-order valence-electron chi connectivity index (χ0n) is 17.4. The van der Waals surface area contributed by atoms with Crippen molar-refractivity contribution in [3.05, 3.63) is 53.6 Å². The van der Waals surface area contributed by atoms with Crippen LogP contribution < -0.4 is 10.6 Å². The minimum Gasteiger partial charge on any atom is -0.383 e. The number of benzene rings is 2. The Kier molecular flexibility index (Phi) is 7.48. The maximum atomic E-state index is 12.4. The summed E-state index contributed by atoms with van der Waals surface area (Å²) >= 11 is 1.31. The monoisotopic (exact) mass is 426 g/mol. The van der Waals surface area contributed by atoms with Crippen LogP contribution >= 0.6 is 11.8 Å². The summed E-state index contributed by atoms with van der Waals surface area (Å²) in [6.45, 7) is 5.08. The van der Waals surface area contributed by atoms with Gasteiger partial charge >= 0.3 is 0 Å². The number of methoxy groups -OCH3 is 1. The van der Waals surface area contributed by atoms with Gasteiger partial charge in [-0.1, -0.05) is 30.0 Å². The number of thioether (sulfide) groups is 1. The second-order valence-electron chi connectivity index (χ2n) is 6.95. The molecular formula is C22H26N4O3S. The first-order valence-electron chi connectivity index (χ1n) is 9.68. The van der Waals surface area contributed by atoms with Crippen LogP contribution in [0.25, 0.3) is 11.0 Å². The molecule has 3 aromatic rings. The maximum absolute atomic E-state index is 12.4. The smallest absolute Gasteiger partial charge is 0.240 e. The molecule has 0 radical (unpaired) electrons. The molecule has 0 fully saturated rings. The van der Waals surface area contributed by atoms with Gasteiger partial charge in [-0.05, 0) is 49.2 Å². The molecule has 2 amide bonds. The fourth-order valence-corrected chi connectivity index (χ4v) is 3.77. The van der Waals surface area contributed by atoms with Crippen LogP contribution in [0.4, 0.5) is 5.69 Å². The van der Waals surface area contributed by atoms with Crippen LogP contribution in [0, 0.1) is 13.8 Å². The third-order valence-corrected chi connectivity index (χ3v) is 5.65. The van der Waals surface area contributed by atoms with E-state index in [1.165, 1.54) is 17.3 Å². The topological polar surface area (TPSA) is 85.2 Å². The number of nitrogens with zero attached hydrogens (tertiary/aromatic N) is 2. The number of imidazole rings is 1. The lowest BCUT2D eigenvalue weighted by atomic mass is 10.1. The van der Waals surface area contributed by atoms with Gasteiger partial charge < -0.3 is 19.9 Å². The summed E-state index contributed by atoms with van der Waals surface area (Å²) in [5, 5.41) is 6.37. The number of carbonyl (C=O) groups excluding carboxylic acids is 2. The zero-order chi connectivity index (χ0) is 21.5. The standard InChI is InChI=1S/C22H26N4O3S/c1-15-8-9-17(12-16(15)2)24-21(28)14-30-22-25-18-6-4-5-7-19(18)26(22)13-20(27)23-10-11-29-3/h4-9,12H,10-11,13-14H2,1-3H3,(H,23,27)(H,24,28). The van der Waals surface area contributed by atoms with Gasteiger partial charge in [0, 0.05) is 19.3 Å². The molecule has 0 saturated carbocycles. The van der Waals surface area contributed by atoms with E-state index in [4.69, 9.17) is 4.74 Å². The summed E-state index contributed by atoms with van der Waals surface area (Å²) < 4.78 is 6.81. The fourth-order valence-electron chi connectivity index (χ4n) is 2.95. The van der Waals surface area contributed by atoms with Crippen molar-refractivity contribution in [3.63, 3.8) is 0 Å². The highest BCUT2D eigenvalue weighted by Gasteiger charge is 2.15. The molecule has 2 aromatic carbocycles. The molecule has 0 aliphatic rings. The lowest BCUT2D eigenvalue weighted by Gasteiger charge is -2.10. The van der Waals surface area contributed by atoms with E-state index in [9.17, 15) is 9.59 Å². The summed E-state index contributed by atoms with van der Waals surface area (Å²) in [6, 6.07) is 13.5. The molecule has 0 atom stereocenters. The van der Waals surface area contributed by atoms with E-state index >= 15 is 0 Å². The van der Waals surface area contributed by atoms with Gasteiger partial charge in [0.1, 0.15) is 6.54 Å². The van der Waals surface area contributed by atoms with Crippen molar-refractivity contribution in [1.29, 1.82) is 0 Å². The summed E-state index contributed by atoms with van der Waals surface area (Å²) in [5.41, 5.74) is 4.73. The summed E-state index contributed by atoms with van der Waals surface area (Å²) in [5.74, 6) is -0.0512. The van der Waals surface area contributed by atoms with Gasteiger partial charge in [-0.15, -0.1) is 0 Å². The van der Waals surface area contributed by atoms with Crippen LogP contribution in [0.5, 0.6) is 0 Å². The number of aryl methyl sites for hydroxylation is 2. The molecule has 158 valence electrons. The van der Waals surface area contributed by atoms with Crippen LogP contribution in [0.2, 0.25) is 0 Å². The molecule has 7 nitrogen and oxygen atoms in total. The SMILES string of the molecule is COCCNC(=O)Cn1c(SCC(=O)Nc2ccc(C)c(C)c2)nc2ccccc21. The molecule has 2 N–H and O–H groups in total. The predicted octanol–water partition coefficient (Wildman–Crippen LogP) is 3.15. The minimum atomic E-state index is -0.128. The van der Waals surface area contributed by atoms with Crippen molar-refractivity contribution in [3.8, 4) is 0 Å². The third-order valence-electron chi connectivity index (χ3n) is 4.67. The Morgan fingerprint density at radius 3 is 2.67 bits per heavy atom. The van der Waals surface area contributed by atoms with Gasteiger partial charge in [-0.3, -0.25) is 9.59 Å². The van der Waals surface area contributed by atoms with Crippen molar-refractivity contribution in [2.24, 2.45) is 0 Å². The fraction of sp³-hybridized carbons (Fsp3) is 0.318. The third kappa shape index (κ3) is 5.61. The zero-order valence-corrected chi connectivity index (χ0v) is 18.2. The Balaban J connectivity index is 1.69. The lowest BCUT2D eigenvalue weighted by molar-refractivity contribution is -0.121. The number of carbonyl (C=O) groups is 2. The van der Waals surface area contributed by atoms with E-state index in [1.54, 1.807) is 7.11 Å². The highest BCUT2D eigenvalue weighted by molar-refractivity contribution is 7.99. The van der Waals surface area contributed by atoms with Crippen LogP contribution in [-0.4, -0.2) is 47.4 Å². The van der Waals surface area contributed by atoms with Crippen molar-refractivity contribution in [2.75, 3.05) is 31.3 Å². The number of nitrogens with one attached hydrogen (secondary N) is 2. The van der Waals surface area contributed by atoms with E-state index in [-0.39, 0.29) is 24.1 Å². The van der Waals surface area contributed by atoms with Crippen molar-refractivity contribution in [2.45, 2.75) is 25.5 Å².